The molecule has 2 aliphatic rings. The third-order valence-corrected chi connectivity index (χ3v) is 15.9. The lowest BCUT2D eigenvalue weighted by Crippen LogP contribution is -2.36. The largest absolute Gasteiger partial charge is 0.310 e. The van der Waals surface area contributed by atoms with Gasteiger partial charge in [0, 0.05) is 57.5 Å². The maximum Gasteiger partial charge on any atom is 0.0735 e. The molecule has 0 radical (unpaired) electrons. The molecule has 1 aliphatic carbocycles. The van der Waals surface area contributed by atoms with Crippen molar-refractivity contribution in [2.75, 3.05) is 4.90 Å². The van der Waals surface area contributed by atoms with E-state index in [4.69, 9.17) is 0 Å². The highest BCUT2D eigenvalue weighted by molar-refractivity contribution is 7.99. The Balaban J connectivity index is 1.07. The number of thiophene rings is 1. The van der Waals surface area contributed by atoms with Gasteiger partial charge in [-0.1, -0.05) is 163 Å². The molecule has 0 saturated carbocycles. The predicted molar refractivity (Wildman–Crippen MR) is 267 cm³/mol. The van der Waals surface area contributed by atoms with E-state index in [-0.39, 0.29) is 0 Å². The lowest BCUT2D eigenvalue weighted by molar-refractivity contribution is 0.707. The number of hydrogen-bond acceptors (Lipinski definition) is 3. The Labute approximate surface area is 372 Å². The Hall–Kier alpha value is -7.37. The molecule has 63 heavy (non-hydrogen) atoms. The van der Waals surface area contributed by atoms with E-state index in [9.17, 15) is 0 Å². The molecule has 2 aromatic heterocycles. The summed E-state index contributed by atoms with van der Waals surface area (Å²) in [4.78, 5) is 5.10. The second-order valence-electron chi connectivity index (χ2n) is 16.7. The van der Waals surface area contributed by atoms with Gasteiger partial charge < -0.3 is 9.47 Å². The number of aromatic nitrogens is 1. The van der Waals surface area contributed by atoms with Crippen LogP contribution >= 0.6 is 23.1 Å². The van der Waals surface area contributed by atoms with Gasteiger partial charge >= 0.3 is 0 Å². The smallest absolute Gasteiger partial charge is 0.0735 e. The molecule has 0 fully saturated rings. The van der Waals surface area contributed by atoms with Gasteiger partial charge in [0.1, 0.15) is 0 Å². The van der Waals surface area contributed by atoms with Gasteiger partial charge in [-0.05, 0) is 105 Å². The van der Waals surface area contributed by atoms with E-state index in [1.165, 1.54) is 102 Å². The Morgan fingerprint density at radius 2 is 1.02 bits per heavy atom. The fourth-order valence-electron chi connectivity index (χ4n) is 11.2. The van der Waals surface area contributed by atoms with Crippen LogP contribution in [-0.2, 0) is 5.41 Å². The van der Waals surface area contributed by atoms with E-state index in [2.05, 4.69) is 228 Å². The normalized spacial score (nSPS) is 13.5. The van der Waals surface area contributed by atoms with Crippen molar-refractivity contribution in [2.45, 2.75) is 15.2 Å². The van der Waals surface area contributed by atoms with E-state index in [0.29, 0.717) is 0 Å². The zero-order valence-corrected chi connectivity index (χ0v) is 35.6. The van der Waals surface area contributed by atoms with Crippen LogP contribution in [0.25, 0.3) is 69.6 Å². The molecule has 1 aliphatic heterocycles. The van der Waals surface area contributed by atoms with Gasteiger partial charge in [0.25, 0.3) is 0 Å². The standard InChI is InChI=1S/C59H36N2S2/c1-2-16-37(17-3-1)60(38-32-33-41-40-19-5-10-26-49(40)61(52(41)36-38)51-27-15-31-56-58(51)44-20-6-11-28-53(44)62-56)50-35-34-42-39-18-4-7-22-45(39)59(48-25-14-21-43(50)57(42)48)46-23-8-12-29-54(46)63-55-30-13-9-24-47(55)59/h1-36H. The van der Waals surface area contributed by atoms with Gasteiger partial charge in [-0.25, -0.2) is 0 Å². The molecule has 10 aromatic carbocycles. The topological polar surface area (TPSA) is 8.17 Å². The molecular weight excluding hydrogens is 801 g/mol. The van der Waals surface area contributed by atoms with Crippen LogP contribution in [0.2, 0.25) is 0 Å². The summed E-state index contributed by atoms with van der Waals surface area (Å²) in [5.74, 6) is 0. The van der Waals surface area contributed by atoms with Crippen LogP contribution in [0.5, 0.6) is 0 Å². The summed E-state index contributed by atoms with van der Waals surface area (Å²) in [5.41, 5.74) is 14.4. The molecule has 2 nitrogen and oxygen atoms in total. The van der Waals surface area contributed by atoms with Crippen LogP contribution < -0.4 is 4.90 Å². The number of hydrogen-bond donors (Lipinski definition) is 0. The van der Waals surface area contributed by atoms with Gasteiger partial charge in [-0.3, -0.25) is 0 Å². The van der Waals surface area contributed by atoms with Crippen molar-refractivity contribution in [1.82, 2.24) is 4.57 Å². The molecule has 4 heteroatoms. The highest BCUT2D eigenvalue weighted by Gasteiger charge is 2.48. The van der Waals surface area contributed by atoms with Crippen molar-refractivity contribution in [1.29, 1.82) is 0 Å². The molecule has 0 bridgehead atoms. The van der Waals surface area contributed by atoms with Crippen LogP contribution in [-0.4, -0.2) is 4.57 Å². The summed E-state index contributed by atoms with van der Waals surface area (Å²) >= 11 is 3.76. The van der Waals surface area contributed by atoms with E-state index >= 15 is 0 Å². The molecule has 294 valence electrons. The Kier molecular flexibility index (Phi) is 7.45. The van der Waals surface area contributed by atoms with Crippen molar-refractivity contribution in [3.05, 3.63) is 241 Å². The molecular formula is C59H36N2S2. The first kappa shape index (κ1) is 35.2. The van der Waals surface area contributed by atoms with E-state index in [1.807, 2.05) is 23.1 Å². The van der Waals surface area contributed by atoms with E-state index in [1.54, 1.807) is 0 Å². The van der Waals surface area contributed by atoms with Crippen molar-refractivity contribution in [2.24, 2.45) is 0 Å². The number of nitrogens with zero attached hydrogens (tertiary/aromatic N) is 2. The van der Waals surface area contributed by atoms with Crippen molar-refractivity contribution in [3.63, 3.8) is 0 Å². The lowest BCUT2D eigenvalue weighted by atomic mass is 9.59. The zero-order valence-electron chi connectivity index (χ0n) is 34.0. The first-order chi connectivity index (χ1) is 31.3. The maximum absolute atomic E-state index is 2.51. The molecule has 0 N–H and O–H groups in total. The fourth-order valence-corrected chi connectivity index (χ4v) is 13.5. The predicted octanol–water partition coefficient (Wildman–Crippen LogP) is 16.6. The molecule has 0 amide bonds. The number of rotatable bonds is 4. The van der Waals surface area contributed by atoms with Gasteiger partial charge in [-0.2, -0.15) is 0 Å². The molecule has 0 atom stereocenters. The molecule has 0 saturated heterocycles. The SMILES string of the molecule is c1ccc(N(c2ccc3c4ccccc4n(-c4cccc5sc6ccccc6c45)c3c2)c2ccc3c4c(cccc24)C2(c4ccccc4Sc4ccccc42)c2ccccc2-3)cc1. The minimum atomic E-state index is -0.496. The summed E-state index contributed by atoms with van der Waals surface area (Å²) in [5, 5.41) is 7.61. The van der Waals surface area contributed by atoms with Gasteiger partial charge in [0.05, 0.1) is 27.8 Å². The molecule has 0 unspecified atom stereocenters. The van der Waals surface area contributed by atoms with Crippen molar-refractivity contribution in [3.8, 4) is 16.8 Å². The number of para-hydroxylation sites is 2. The van der Waals surface area contributed by atoms with Crippen LogP contribution in [0.1, 0.15) is 22.3 Å². The zero-order chi connectivity index (χ0) is 41.2. The average Bonchev–Trinajstić information content (AvgIpc) is 3.89. The monoisotopic (exact) mass is 836 g/mol. The summed E-state index contributed by atoms with van der Waals surface area (Å²) in [7, 11) is 0. The Bertz CT molecular complexity index is 3810. The first-order valence-corrected chi connectivity index (χ1v) is 23.2. The quantitative estimate of drug-likeness (QED) is 0.174. The number of fused-ring (bicyclic) bond motifs is 14. The summed E-state index contributed by atoms with van der Waals surface area (Å²) in [6.07, 6.45) is 0. The van der Waals surface area contributed by atoms with Crippen molar-refractivity contribution < 1.29 is 0 Å². The third-order valence-electron chi connectivity index (χ3n) is 13.6. The highest BCUT2D eigenvalue weighted by Crippen LogP contribution is 2.62. The minimum absolute atomic E-state index is 0.496. The van der Waals surface area contributed by atoms with Gasteiger partial charge in [0.2, 0.25) is 0 Å². The summed E-state index contributed by atoms with van der Waals surface area (Å²) < 4.78 is 5.11. The summed E-state index contributed by atoms with van der Waals surface area (Å²) in [6, 6.07) is 81.6. The lowest BCUT2D eigenvalue weighted by Gasteiger charge is -2.46. The van der Waals surface area contributed by atoms with E-state index < -0.39 is 5.41 Å². The molecule has 3 heterocycles. The maximum atomic E-state index is 2.51. The Morgan fingerprint density at radius 1 is 0.381 bits per heavy atom. The molecule has 1 spiro atoms. The third kappa shape index (κ3) is 4.80. The van der Waals surface area contributed by atoms with Crippen LogP contribution in [0, 0.1) is 0 Å². The first-order valence-electron chi connectivity index (χ1n) is 21.6. The van der Waals surface area contributed by atoms with Crippen LogP contribution in [0.4, 0.5) is 17.1 Å². The van der Waals surface area contributed by atoms with Crippen LogP contribution in [0.3, 0.4) is 0 Å². The number of benzene rings is 10. The fraction of sp³-hybridized carbons (Fsp3) is 0.0169. The molecule has 14 rings (SSSR count). The summed E-state index contributed by atoms with van der Waals surface area (Å²) in [6.45, 7) is 0. The number of anilines is 3. The second-order valence-corrected chi connectivity index (χ2v) is 18.9. The van der Waals surface area contributed by atoms with Crippen molar-refractivity contribution >= 4 is 92.9 Å². The minimum Gasteiger partial charge on any atom is -0.310 e. The van der Waals surface area contributed by atoms with Crippen LogP contribution in [0.15, 0.2) is 228 Å². The Morgan fingerprint density at radius 3 is 1.86 bits per heavy atom. The van der Waals surface area contributed by atoms with Gasteiger partial charge in [-0.15, -0.1) is 11.3 Å². The molecule has 12 aromatic rings. The van der Waals surface area contributed by atoms with Gasteiger partial charge in [0.15, 0.2) is 0 Å². The van der Waals surface area contributed by atoms with E-state index in [0.717, 1.165) is 17.1 Å². The average molecular weight is 837 g/mol. The second kappa shape index (κ2) is 13.3. The highest BCUT2D eigenvalue weighted by atomic mass is 32.2.